The molecule has 126 valence electrons. The number of aromatic nitrogens is 1. The molecule has 0 bridgehead atoms. The highest BCUT2D eigenvalue weighted by Gasteiger charge is 2.07. The minimum Gasteiger partial charge on any atom is -0.488 e. The van der Waals surface area contributed by atoms with Gasteiger partial charge in [0.2, 0.25) is 0 Å². The molecule has 0 unspecified atom stereocenters. The zero-order valence-electron chi connectivity index (χ0n) is 14.4. The Hall–Kier alpha value is -3.39. The Bertz CT molecular complexity index is 1020. The van der Waals surface area contributed by atoms with E-state index in [1.807, 2.05) is 30.3 Å². The standard InChI is InChI=1S/C24H19NO/c1-2-6-20(7-3-1)18-26-24-13-11-21-8-4-5-9-22(21)23(24)12-10-19-14-16-25-17-15-19/h1-17H,18H2. The van der Waals surface area contributed by atoms with Crippen molar-refractivity contribution in [3.05, 3.63) is 108 Å². The van der Waals surface area contributed by atoms with E-state index < -0.39 is 0 Å². The third-order valence-electron chi connectivity index (χ3n) is 4.32. The Kier molecular flexibility index (Phi) is 4.74. The van der Waals surface area contributed by atoms with Gasteiger partial charge in [0.25, 0.3) is 0 Å². The molecule has 0 aliphatic heterocycles. The van der Waals surface area contributed by atoms with E-state index in [1.165, 1.54) is 10.8 Å². The molecule has 0 aliphatic carbocycles. The fourth-order valence-corrected chi connectivity index (χ4v) is 2.96. The fraction of sp³-hybridized carbons (Fsp3) is 0.0417. The molecule has 4 rings (SSSR count). The normalized spacial score (nSPS) is 11.1. The maximum Gasteiger partial charge on any atom is 0.127 e. The first-order valence-corrected chi connectivity index (χ1v) is 8.67. The zero-order chi connectivity index (χ0) is 17.6. The largest absolute Gasteiger partial charge is 0.488 e. The quantitative estimate of drug-likeness (QED) is 0.446. The maximum absolute atomic E-state index is 6.16. The van der Waals surface area contributed by atoms with Gasteiger partial charge in [-0.3, -0.25) is 4.98 Å². The van der Waals surface area contributed by atoms with Crippen LogP contribution in [0.2, 0.25) is 0 Å². The second-order valence-electron chi connectivity index (χ2n) is 6.09. The van der Waals surface area contributed by atoms with Crippen molar-refractivity contribution in [3.63, 3.8) is 0 Å². The van der Waals surface area contributed by atoms with E-state index in [1.54, 1.807) is 12.4 Å². The highest BCUT2D eigenvalue weighted by molar-refractivity contribution is 5.95. The molecule has 3 aromatic carbocycles. The van der Waals surface area contributed by atoms with Crippen LogP contribution in [0.4, 0.5) is 0 Å². The number of pyridine rings is 1. The van der Waals surface area contributed by atoms with Crippen LogP contribution in [-0.4, -0.2) is 4.98 Å². The van der Waals surface area contributed by atoms with Crippen LogP contribution < -0.4 is 4.74 Å². The van der Waals surface area contributed by atoms with Crippen LogP contribution in [0.1, 0.15) is 16.7 Å². The summed E-state index contributed by atoms with van der Waals surface area (Å²) >= 11 is 0. The van der Waals surface area contributed by atoms with E-state index in [4.69, 9.17) is 4.74 Å². The number of hydrogen-bond donors (Lipinski definition) is 0. The summed E-state index contributed by atoms with van der Waals surface area (Å²) in [6.45, 7) is 0.551. The zero-order valence-corrected chi connectivity index (χ0v) is 14.4. The van der Waals surface area contributed by atoms with Gasteiger partial charge < -0.3 is 4.74 Å². The lowest BCUT2D eigenvalue weighted by molar-refractivity contribution is 0.306. The summed E-state index contributed by atoms with van der Waals surface area (Å²) in [4.78, 5) is 4.07. The van der Waals surface area contributed by atoms with Crippen molar-refractivity contribution in [3.8, 4) is 5.75 Å². The molecule has 0 fully saturated rings. The Morgan fingerprint density at radius 1 is 0.731 bits per heavy atom. The molecule has 0 amide bonds. The van der Waals surface area contributed by atoms with Gasteiger partial charge in [-0.1, -0.05) is 72.8 Å². The van der Waals surface area contributed by atoms with Crippen molar-refractivity contribution in [2.24, 2.45) is 0 Å². The minimum atomic E-state index is 0.551. The predicted octanol–water partition coefficient (Wildman–Crippen LogP) is 5.98. The summed E-state index contributed by atoms with van der Waals surface area (Å²) in [6, 6.07) is 26.8. The maximum atomic E-state index is 6.16. The van der Waals surface area contributed by atoms with E-state index in [-0.39, 0.29) is 0 Å². The smallest absolute Gasteiger partial charge is 0.127 e. The van der Waals surface area contributed by atoms with Crippen molar-refractivity contribution in [2.75, 3.05) is 0 Å². The number of hydrogen-bond acceptors (Lipinski definition) is 2. The van der Waals surface area contributed by atoms with Gasteiger partial charge in [0.05, 0.1) is 0 Å². The van der Waals surface area contributed by atoms with Crippen LogP contribution in [0.15, 0.2) is 91.3 Å². The van der Waals surface area contributed by atoms with Crippen molar-refractivity contribution < 1.29 is 4.74 Å². The average molecular weight is 337 g/mol. The van der Waals surface area contributed by atoms with E-state index in [0.29, 0.717) is 6.61 Å². The highest BCUT2D eigenvalue weighted by atomic mass is 16.5. The van der Waals surface area contributed by atoms with Crippen molar-refractivity contribution in [1.29, 1.82) is 0 Å². The van der Waals surface area contributed by atoms with Crippen LogP contribution in [0.3, 0.4) is 0 Å². The summed E-state index contributed by atoms with van der Waals surface area (Å²) in [5.74, 6) is 0.887. The molecule has 2 heteroatoms. The van der Waals surface area contributed by atoms with Crippen molar-refractivity contribution in [1.82, 2.24) is 4.98 Å². The molecule has 0 atom stereocenters. The summed E-state index contributed by atoms with van der Waals surface area (Å²) in [5, 5.41) is 2.39. The lowest BCUT2D eigenvalue weighted by Gasteiger charge is -2.12. The van der Waals surface area contributed by atoms with Gasteiger partial charge in [-0.05, 0) is 40.1 Å². The second kappa shape index (κ2) is 7.66. The molecule has 1 aromatic heterocycles. The molecule has 0 spiro atoms. The number of nitrogens with zero attached hydrogens (tertiary/aromatic N) is 1. The van der Waals surface area contributed by atoms with Gasteiger partial charge in [0, 0.05) is 18.0 Å². The fourth-order valence-electron chi connectivity index (χ4n) is 2.96. The van der Waals surface area contributed by atoms with Crippen LogP contribution in [0.5, 0.6) is 5.75 Å². The van der Waals surface area contributed by atoms with Gasteiger partial charge in [0.15, 0.2) is 0 Å². The molecule has 0 radical (unpaired) electrons. The first-order valence-electron chi connectivity index (χ1n) is 8.67. The van der Waals surface area contributed by atoms with E-state index in [2.05, 4.69) is 65.7 Å². The third-order valence-corrected chi connectivity index (χ3v) is 4.32. The Labute approximate surface area is 153 Å². The first kappa shape index (κ1) is 16.1. The third kappa shape index (κ3) is 3.65. The van der Waals surface area contributed by atoms with Gasteiger partial charge in [0.1, 0.15) is 12.4 Å². The molecule has 0 N–H and O–H groups in total. The molecule has 0 saturated heterocycles. The molecule has 4 aromatic rings. The predicted molar refractivity (Wildman–Crippen MR) is 108 cm³/mol. The Morgan fingerprint density at radius 3 is 2.35 bits per heavy atom. The van der Waals surface area contributed by atoms with Crippen LogP contribution >= 0.6 is 0 Å². The van der Waals surface area contributed by atoms with Crippen molar-refractivity contribution in [2.45, 2.75) is 6.61 Å². The topological polar surface area (TPSA) is 22.1 Å². The molecule has 26 heavy (non-hydrogen) atoms. The summed E-state index contributed by atoms with van der Waals surface area (Å²) < 4.78 is 6.16. The number of ether oxygens (including phenoxy) is 1. The van der Waals surface area contributed by atoms with Crippen molar-refractivity contribution >= 4 is 22.9 Å². The van der Waals surface area contributed by atoms with Gasteiger partial charge in [-0.25, -0.2) is 0 Å². The SMILES string of the molecule is C(=Cc1c(OCc2ccccc2)ccc2ccccc12)c1ccncc1. The summed E-state index contributed by atoms with van der Waals surface area (Å²) in [6.07, 6.45) is 7.82. The molecular weight excluding hydrogens is 318 g/mol. The lowest BCUT2D eigenvalue weighted by atomic mass is 10.0. The van der Waals surface area contributed by atoms with Gasteiger partial charge in [-0.15, -0.1) is 0 Å². The monoisotopic (exact) mass is 337 g/mol. The molecule has 0 aliphatic rings. The first-order chi connectivity index (χ1) is 12.9. The average Bonchev–Trinajstić information content (AvgIpc) is 2.72. The van der Waals surface area contributed by atoms with Crippen LogP contribution in [0.25, 0.3) is 22.9 Å². The number of benzene rings is 3. The molecular formula is C24H19NO. The summed E-state index contributed by atoms with van der Waals surface area (Å²) in [7, 11) is 0. The molecule has 1 heterocycles. The van der Waals surface area contributed by atoms with Gasteiger partial charge >= 0.3 is 0 Å². The summed E-state index contributed by atoms with van der Waals surface area (Å²) in [5.41, 5.74) is 3.36. The van der Waals surface area contributed by atoms with Gasteiger partial charge in [-0.2, -0.15) is 0 Å². The van der Waals surface area contributed by atoms with Crippen LogP contribution in [-0.2, 0) is 6.61 Å². The van der Waals surface area contributed by atoms with Crippen LogP contribution in [0, 0.1) is 0 Å². The Morgan fingerprint density at radius 2 is 1.50 bits per heavy atom. The molecule has 0 saturated carbocycles. The lowest BCUT2D eigenvalue weighted by Crippen LogP contribution is -1.97. The minimum absolute atomic E-state index is 0.551. The van der Waals surface area contributed by atoms with E-state index >= 15 is 0 Å². The van der Waals surface area contributed by atoms with E-state index in [9.17, 15) is 0 Å². The number of rotatable bonds is 5. The number of fused-ring (bicyclic) bond motifs is 1. The van der Waals surface area contributed by atoms with E-state index in [0.717, 1.165) is 22.4 Å². The molecule has 2 nitrogen and oxygen atoms in total. The second-order valence-corrected chi connectivity index (χ2v) is 6.09. The Balaban J connectivity index is 1.71. The highest BCUT2D eigenvalue weighted by Crippen LogP contribution is 2.30.